The summed E-state index contributed by atoms with van der Waals surface area (Å²) in [5.41, 5.74) is 0. The standard InChI is InChI=1S/C15H25N3O2S2/c1-12-16-9-14(21-12)10-18-8-4-7-15(11-18)22(19,20)17-13-5-2-3-6-13/h9,13,15,17H,2-8,10-11H2,1H3. The third-order valence-corrected chi connectivity index (χ3v) is 7.46. The number of piperidine rings is 1. The number of nitrogens with zero attached hydrogens (tertiary/aromatic N) is 2. The highest BCUT2D eigenvalue weighted by atomic mass is 32.2. The molecule has 0 spiro atoms. The molecule has 0 amide bonds. The average Bonchev–Trinajstić information content (AvgIpc) is 3.11. The van der Waals surface area contributed by atoms with Crippen molar-refractivity contribution in [3.63, 3.8) is 0 Å². The number of hydrogen-bond acceptors (Lipinski definition) is 5. The van der Waals surface area contributed by atoms with Gasteiger partial charge in [0.05, 0.1) is 10.3 Å². The molecule has 2 aliphatic rings. The van der Waals surface area contributed by atoms with Gasteiger partial charge in [0.25, 0.3) is 0 Å². The molecule has 1 aliphatic carbocycles. The van der Waals surface area contributed by atoms with Crippen LogP contribution in [0.2, 0.25) is 0 Å². The predicted molar refractivity (Wildman–Crippen MR) is 89.5 cm³/mol. The van der Waals surface area contributed by atoms with Crippen LogP contribution in [0.25, 0.3) is 0 Å². The number of likely N-dealkylation sites (tertiary alicyclic amines) is 1. The number of thiazole rings is 1. The number of sulfonamides is 1. The zero-order valence-corrected chi connectivity index (χ0v) is 14.8. The topological polar surface area (TPSA) is 62.3 Å². The summed E-state index contributed by atoms with van der Waals surface area (Å²) in [6.07, 6.45) is 7.93. The lowest BCUT2D eigenvalue weighted by molar-refractivity contribution is 0.223. The summed E-state index contributed by atoms with van der Waals surface area (Å²) in [4.78, 5) is 7.76. The van der Waals surface area contributed by atoms with E-state index in [1.807, 2.05) is 13.1 Å². The second-order valence-electron chi connectivity index (χ2n) is 6.49. The zero-order chi connectivity index (χ0) is 15.6. The number of hydrogen-bond donors (Lipinski definition) is 1. The summed E-state index contributed by atoms with van der Waals surface area (Å²) in [5.74, 6) is 0. The minimum atomic E-state index is -3.19. The first kappa shape index (κ1) is 16.4. The molecule has 22 heavy (non-hydrogen) atoms. The molecular formula is C15H25N3O2S2. The second kappa shape index (κ2) is 6.95. The van der Waals surface area contributed by atoms with Gasteiger partial charge in [-0.3, -0.25) is 4.90 Å². The Morgan fingerprint density at radius 1 is 1.32 bits per heavy atom. The normalized spacial score (nSPS) is 24.9. The van der Waals surface area contributed by atoms with Crippen LogP contribution < -0.4 is 4.72 Å². The summed E-state index contributed by atoms with van der Waals surface area (Å²) in [7, 11) is -3.19. The molecule has 124 valence electrons. The van der Waals surface area contributed by atoms with Gasteiger partial charge in [0.2, 0.25) is 10.0 Å². The molecule has 2 fully saturated rings. The fourth-order valence-electron chi connectivity index (χ4n) is 3.48. The van der Waals surface area contributed by atoms with Crippen molar-refractivity contribution < 1.29 is 8.42 Å². The summed E-state index contributed by atoms with van der Waals surface area (Å²) in [6, 6.07) is 0.171. The van der Waals surface area contributed by atoms with Crippen molar-refractivity contribution in [3.05, 3.63) is 16.1 Å². The van der Waals surface area contributed by atoms with Gasteiger partial charge in [-0.25, -0.2) is 18.1 Å². The predicted octanol–water partition coefficient (Wildman–Crippen LogP) is 2.28. The number of rotatable bonds is 5. The maximum Gasteiger partial charge on any atom is 0.215 e. The first-order chi connectivity index (χ1) is 10.5. The van der Waals surface area contributed by atoms with Gasteiger partial charge in [-0.1, -0.05) is 12.8 Å². The molecule has 1 aliphatic heterocycles. The van der Waals surface area contributed by atoms with Gasteiger partial charge in [-0.2, -0.15) is 0 Å². The molecule has 0 radical (unpaired) electrons. The van der Waals surface area contributed by atoms with Crippen molar-refractivity contribution in [2.75, 3.05) is 13.1 Å². The lowest BCUT2D eigenvalue weighted by Crippen LogP contribution is -2.48. The Balaban J connectivity index is 1.59. The van der Waals surface area contributed by atoms with Crippen molar-refractivity contribution in [2.24, 2.45) is 0 Å². The molecule has 1 N–H and O–H groups in total. The lowest BCUT2D eigenvalue weighted by atomic mass is 10.1. The second-order valence-corrected chi connectivity index (χ2v) is 9.80. The monoisotopic (exact) mass is 343 g/mol. The Hall–Kier alpha value is -0.500. The molecule has 3 rings (SSSR count). The van der Waals surface area contributed by atoms with Crippen LogP contribution in [0.1, 0.15) is 48.4 Å². The van der Waals surface area contributed by atoms with Gasteiger partial charge in [-0.05, 0) is 39.2 Å². The van der Waals surface area contributed by atoms with Crippen molar-refractivity contribution in [3.8, 4) is 0 Å². The van der Waals surface area contributed by atoms with E-state index in [2.05, 4.69) is 14.6 Å². The van der Waals surface area contributed by atoms with Crippen LogP contribution >= 0.6 is 11.3 Å². The van der Waals surface area contributed by atoms with E-state index >= 15 is 0 Å². The van der Waals surface area contributed by atoms with Crippen LogP contribution in [-0.4, -0.2) is 42.7 Å². The molecule has 2 heterocycles. The van der Waals surface area contributed by atoms with Crippen molar-refractivity contribution in [2.45, 2.75) is 63.3 Å². The first-order valence-electron chi connectivity index (χ1n) is 8.18. The van der Waals surface area contributed by atoms with E-state index in [0.29, 0.717) is 6.54 Å². The van der Waals surface area contributed by atoms with E-state index in [9.17, 15) is 8.42 Å². The zero-order valence-electron chi connectivity index (χ0n) is 13.1. The van der Waals surface area contributed by atoms with Crippen LogP contribution in [0.15, 0.2) is 6.20 Å². The van der Waals surface area contributed by atoms with E-state index < -0.39 is 10.0 Å². The Morgan fingerprint density at radius 2 is 2.09 bits per heavy atom. The van der Waals surface area contributed by atoms with E-state index in [1.54, 1.807) is 11.3 Å². The first-order valence-corrected chi connectivity index (χ1v) is 10.5. The van der Waals surface area contributed by atoms with Crippen LogP contribution in [0.5, 0.6) is 0 Å². The third-order valence-electron chi connectivity index (χ3n) is 4.64. The molecule has 7 heteroatoms. The van der Waals surface area contributed by atoms with Crippen molar-refractivity contribution >= 4 is 21.4 Å². The Morgan fingerprint density at radius 3 is 2.77 bits per heavy atom. The third kappa shape index (κ3) is 4.07. The Kier molecular flexibility index (Phi) is 5.17. The summed E-state index contributed by atoms with van der Waals surface area (Å²) >= 11 is 1.70. The fraction of sp³-hybridized carbons (Fsp3) is 0.800. The molecule has 1 saturated carbocycles. The summed E-state index contributed by atoms with van der Waals surface area (Å²) in [5, 5.41) is 0.801. The highest BCUT2D eigenvalue weighted by molar-refractivity contribution is 7.90. The highest BCUT2D eigenvalue weighted by Crippen LogP contribution is 2.23. The van der Waals surface area contributed by atoms with Gasteiger partial charge in [-0.15, -0.1) is 11.3 Å². The van der Waals surface area contributed by atoms with Gasteiger partial charge in [0, 0.05) is 30.2 Å². The van der Waals surface area contributed by atoms with Crippen LogP contribution in [0, 0.1) is 6.92 Å². The Labute approximate surface area is 137 Å². The fourth-order valence-corrected chi connectivity index (χ4v) is 6.10. The molecule has 1 aromatic heterocycles. The Bertz CT molecular complexity index is 594. The van der Waals surface area contributed by atoms with Crippen LogP contribution in [0.3, 0.4) is 0 Å². The average molecular weight is 344 g/mol. The van der Waals surface area contributed by atoms with E-state index in [4.69, 9.17) is 0 Å². The molecule has 5 nitrogen and oxygen atoms in total. The van der Waals surface area contributed by atoms with Gasteiger partial charge < -0.3 is 0 Å². The van der Waals surface area contributed by atoms with E-state index in [1.165, 1.54) is 4.88 Å². The molecule has 1 unspecified atom stereocenters. The highest BCUT2D eigenvalue weighted by Gasteiger charge is 2.33. The summed E-state index contributed by atoms with van der Waals surface area (Å²) < 4.78 is 28.1. The van der Waals surface area contributed by atoms with Gasteiger partial charge in [0.1, 0.15) is 0 Å². The number of nitrogens with one attached hydrogen (secondary N) is 1. The molecule has 1 atom stereocenters. The quantitative estimate of drug-likeness (QED) is 0.891. The molecule has 0 bridgehead atoms. The largest absolute Gasteiger partial charge is 0.297 e. The SMILES string of the molecule is Cc1ncc(CN2CCCC(S(=O)(=O)NC3CCCC3)C2)s1. The summed E-state index contributed by atoms with van der Waals surface area (Å²) in [6.45, 7) is 4.44. The molecular weight excluding hydrogens is 318 g/mol. The van der Waals surface area contributed by atoms with E-state index in [0.717, 1.165) is 56.6 Å². The number of aromatic nitrogens is 1. The minimum Gasteiger partial charge on any atom is -0.297 e. The molecule has 1 saturated heterocycles. The van der Waals surface area contributed by atoms with Gasteiger partial charge in [0.15, 0.2) is 0 Å². The van der Waals surface area contributed by atoms with Crippen molar-refractivity contribution in [1.29, 1.82) is 0 Å². The van der Waals surface area contributed by atoms with Crippen molar-refractivity contribution in [1.82, 2.24) is 14.6 Å². The van der Waals surface area contributed by atoms with Crippen LogP contribution in [-0.2, 0) is 16.6 Å². The smallest absolute Gasteiger partial charge is 0.215 e. The van der Waals surface area contributed by atoms with Gasteiger partial charge >= 0.3 is 0 Å². The number of aryl methyl sites for hydroxylation is 1. The van der Waals surface area contributed by atoms with E-state index in [-0.39, 0.29) is 11.3 Å². The lowest BCUT2D eigenvalue weighted by Gasteiger charge is -2.32. The maximum atomic E-state index is 12.6. The maximum absolute atomic E-state index is 12.6. The minimum absolute atomic E-state index is 0.171. The van der Waals surface area contributed by atoms with Crippen LogP contribution in [0.4, 0.5) is 0 Å². The molecule has 0 aromatic carbocycles. The molecule has 1 aromatic rings.